The molecule has 2 aliphatic rings. The van der Waals surface area contributed by atoms with E-state index in [4.69, 9.17) is 4.74 Å². The van der Waals surface area contributed by atoms with Crippen molar-refractivity contribution >= 4 is 17.8 Å². The first kappa shape index (κ1) is 14.0. The molecule has 0 radical (unpaired) electrons. The van der Waals surface area contributed by atoms with Crippen molar-refractivity contribution in [3.8, 4) is 0 Å². The Hall–Kier alpha value is -1.43. The number of amides is 4. The highest BCUT2D eigenvalue weighted by Gasteiger charge is 2.46. The van der Waals surface area contributed by atoms with E-state index in [1.54, 1.807) is 0 Å². The number of urea groups is 1. The van der Waals surface area contributed by atoms with Gasteiger partial charge in [-0.05, 0) is 39.5 Å². The fraction of sp³-hybridized carbons (Fsp3) is 0.769. The number of nitrogens with one attached hydrogen (secondary N) is 1. The van der Waals surface area contributed by atoms with Gasteiger partial charge in [-0.2, -0.15) is 0 Å². The first-order valence-electron chi connectivity index (χ1n) is 6.72. The van der Waals surface area contributed by atoms with Crippen LogP contribution < -0.4 is 5.32 Å². The highest BCUT2D eigenvalue weighted by atomic mass is 16.5. The van der Waals surface area contributed by atoms with Crippen LogP contribution in [0.1, 0.15) is 39.5 Å². The predicted octanol–water partition coefficient (Wildman–Crippen LogP) is 1.05. The molecule has 6 nitrogen and oxygen atoms in total. The van der Waals surface area contributed by atoms with Crippen LogP contribution in [0.5, 0.6) is 0 Å². The van der Waals surface area contributed by atoms with Gasteiger partial charge in [-0.1, -0.05) is 0 Å². The Morgan fingerprint density at radius 3 is 2.68 bits per heavy atom. The Kier molecular flexibility index (Phi) is 3.89. The van der Waals surface area contributed by atoms with Crippen molar-refractivity contribution in [1.82, 2.24) is 10.2 Å². The smallest absolute Gasteiger partial charge is 0.330 e. The van der Waals surface area contributed by atoms with Crippen molar-refractivity contribution in [2.24, 2.45) is 5.41 Å². The predicted molar refractivity (Wildman–Crippen MR) is 67.2 cm³/mol. The molecule has 0 aromatic heterocycles. The Labute approximate surface area is 112 Å². The molecule has 0 bridgehead atoms. The van der Waals surface area contributed by atoms with E-state index in [0.717, 1.165) is 30.8 Å². The van der Waals surface area contributed by atoms with Crippen molar-refractivity contribution in [3.05, 3.63) is 0 Å². The summed E-state index contributed by atoms with van der Waals surface area (Å²) in [6.07, 6.45) is 3.89. The molecule has 106 valence electrons. The fourth-order valence-electron chi connectivity index (χ4n) is 2.36. The van der Waals surface area contributed by atoms with Crippen molar-refractivity contribution < 1.29 is 19.1 Å². The lowest BCUT2D eigenvalue weighted by Crippen LogP contribution is -2.62. The van der Waals surface area contributed by atoms with Gasteiger partial charge < -0.3 is 4.74 Å². The van der Waals surface area contributed by atoms with Crippen molar-refractivity contribution in [1.29, 1.82) is 0 Å². The second kappa shape index (κ2) is 5.28. The van der Waals surface area contributed by atoms with Gasteiger partial charge in [0.05, 0.1) is 6.10 Å². The topological polar surface area (TPSA) is 75.7 Å². The van der Waals surface area contributed by atoms with Crippen LogP contribution in [-0.4, -0.2) is 42.0 Å². The Balaban J connectivity index is 1.96. The van der Waals surface area contributed by atoms with Crippen LogP contribution in [0.25, 0.3) is 0 Å². The van der Waals surface area contributed by atoms with Gasteiger partial charge in [-0.25, -0.2) is 4.79 Å². The molecular weight excluding hydrogens is 248 g/mol. The summed E-state index contributed by atoms with van der Waals surface area (Å²) in [5, 5.41) is 2.22. The van der Waals surface area contributed by atoms with Crippen LogP contribution in [-0.2, 0) is 14.3 Å². The minimum absolute atomic E-state index is 0.107. The summed E-state index contributed by atoms with van der Waals surface area (Å²) in [6.45, 7) is 4.10. The van der Waals surface area contributed by atoms with Gasteiger partial charge in [0.15, 0.2) is 0 Å². The zero-order valence-electron chi connectivity index (χ0n) is 11.4. The molecule has 2 heterocycles. The van der Waals surface area contributed by atoms with Crippen molar-refractivity contribution in [2.75, 3.05) is 13.2 Å². The fourth-order valence-corrected chi connectivity index (χ4v) is 2.36. The first-order chi connectivity index (χ1) is 8.93. The molecule has 6 heteroatoms. The maximum Gasteiger partial charge on any atom is 0.330 e. The molecule has 2 saturated heterocycles. The van der Waals surface area contributed by atoms with Crippen LogP contribution in [0.2, 0.25) is 0 Å². The van der Waals surface area contributed by atoms with Crippen LogP contribution in [0.3, 0.4) is 0 Å². The summed E-state index contributed by atoms with van der Waals surface area (Å²) in [5.41, 5.74) is -1.18. The summed E-state index contributed by atoms with van der Waals surface area (Å²) < 4.78 is 5.58. The summed E-state index contributed by atoms with van der Waals surface area (Å²) in [5.74, 6) is -0.968. The Morgan fingerprint density at radius 2 is 2.05 bits per heavy atom. The van der Waals surface area contributed by atoms with E-state index < -0.39 is 23.3 Å². The van der Waals surface area contributed by atoms with E-state index in [-0.39, 0.29) is 6.10 Å². The van der Waals surface area contributed by atoms with E-state index in [1.807, 2.05) is 0 Å². The summed E-state index contributed by atoms with van der Waals surface area (Å²) in [4.78, 5) is 36.6. The third kappa shape index (κ3) is 2.78. The minimum atomic E-state index is -1.18. The number of nitrogens with zero attached hydrogens (tertiary/aromatic N) is 1. The zero-order chi connectivity index (χ0) is 14.0. The minimum Gasteiger partial charge on any atom is -0.378 e. The summed E-state index contributed by atoms with van der Waals surface area (Å²) in [6, 6.07) is -0.620. The zero-order valence-corrected chi connectivity index (χ0v) is 11.4. The molecule has 1 N–H and O–H groups in total. The average molecular weight is 268 g/mol. The normalized spacial score (nSPS) is 27.4. The maximum atomic E-state index is 12.1. The lowest BCUT2D eigenvalue weighted by Gasteiger charge is -2.35. The molecule has 2 aliphatic heterocycles. The van der Waals surface area contributed by atoms with E-state index in [1.165, 1.54) is 13.8 Å². The van der Waals surface area contributed by atoms with Crippen molar-refractivity contribution in [3.63, 3.8) is 0 Å². The average Bonchev–Trinajstić information content (AvgIpc) is 2.38. The van der Waals surface area contributed by atoms with Crippen LogP contribution in [0.15, 0.2) is 0 Å². The number of ether oxygens (including phenoxy) is 1. The molecule has 2 fully saturated rings. The van der Waals surface area contributed by atoms with Gasteiger partial charge in [-0.15, -0.1) is 0 Å². The van der Waals surface area contributed by atoms with Gasteiger partial charge in [0.2, 0.25) is 11.8 Å². The molecular formula is C13H20N2O4. The van der Waals surface area contributed by atoms with E-state index in [2.05, 4.69) is 5.32 Å². The molecule has 1 atom stereocenters. The number of carbonyl (C=O) groups is 3. The SMILES string of the molecule is CC1(C)C(=O)NC(=O)N(CCC2CCCCO2)C1=O. The third-order valence-electron chi connectivity index (χ3n) is 3.76. The van der Waals surface area contributed by atoms with E-state index in [9.17, 15) is 14.4 Å². The molecule has 0 spiro atoms. The standard InChI is InChI=1S/C13H20N2O4/c1-13(2)10(16)14-12(18)15(11(13)17)7-6-9-5-3-4-8-19-9/h9H,3-8H2,1-2H3,(H,14,16,18). The van der Waals surface area contributed by atoms with E-state index >= 15 is 0 Å². The van der Waals surface area contributed by atoms with Crippen LogP contribution >= 0.6 is 0 Å². The number of hydrogen-bond donors (Lipinski definition) is 1. The number of hydrogen-bond acceptors (Lipinski definition) is 4. The third-order valence-corrected chi connectivity index (χ3v) is 3.76. The highest BCUT2D eigenvalue weighted by Crippen LogP contribution is 2.24. The van der Waals surface area contributed by atoms with Crippen molar-refractivity contribution in [2.45, 2.75) is 45.6 Å². The van der Waals surface area contributed by atoms with Gasteiger partial charge in [-0.3, -0.25) is 19.8 Å². The first-order valence-corrected chi connectivity index (χ1v) is 6.72. The Morgan fingerprint density at radius 1 is 1.32 bits per heavy atom. The number of barbiturate groups is 1. The molecule has 19 heavy (non-hydrogen) atoms. The van der Waals surface area contributed by atoms with Gasteiger partial charge in [0, 0.05) is 13.2 Å². The monoisotopic (exact) mass is 268 g/mol. The van der Waals surface area contributed by atoms with E-state index in [0.29, 0.717) is 13.0 Å². The molecule has 0 saturated carbocycles. The molecule has 0 aromatic rings. The van der Waals surface area contributed by atoms with Crippen LogP contribution in [0, 0.1) is 5.41 Å². The maximum absolute atomic E-state index is 12.1. The number of imide groups is 2. The van der Waals surface area contributed by atoms with Gasteiger partial charge >= 0.3 is 6.03 Å². The second-order valence-electron chi connectivity index (χ2n) is 5.62. The van der Waals surface area contributed by atoms with Gasteiger partial charge in [0.1, 0.15) is 5.41 Å². The molecule has 2 rings (SSSR count). The molecule has 4 amide bonds. The summed E-state index contributed by atoms with van der Waals surface area (Å²) >= 11 is 0. The molecule has 0 aromatic carbocycles. The Bertz CT molecular complexity index is 399. The van der Waals surface area contributed by atoms with Gasteiger partial charge in [0.25, 0.3) is 0 Å². The lowest BCUT2D eigenvalue weighted by molar-refractivity contribution is -0.149. The highest BCUT2D eigenvalue weighted by molar-refractivity contribution is 6.18. The quantitative estimate of drug-likeness (QED) is 0.776. The number of carbonyl (C=O) groups excluding carboxylic acids is 3. The molecule has 1 unspecified atom stereocenters. The largest absolute Gasteiger partial charge is 0.378 e. The molecule has 0 aliphatic carbocycles. The second-order valence-corrected chi connectivity index (χ2v) is 5.62. The lowest BCUT2D eigenvalue weighted by atomic mass is 9.88. The number of rotatable bonds is 3. The summed E-state index contributed by atoms with van der Waals surface area (Å²) in [7, 11) is 0. The van der Waals surface area contributed by atoms with Crippen LogP contribution in [0.4, 0.5) is 4.79 Å².